The zero-order valence-corrected chi connectivity index (χ0v) is 14.5. The highest BCUT2D eigenvalue weighted by Gasteiger charge is 2.33. The minimum atomic E-state index is -0.489. The van der Waals surface area contributed by atoms with Crippen LogP contribution in [0.2, 0.25) is 0 Å². The lowest BCUT2D eigenvalue weighted by Crippen LogP contribution is -2.47. The first-order valence-corrected chi connectivity index (χ1v) is 8.50. The molecule has 5 heteroatoms. The number of carbonyl (C=O) groups excluding carboxylic acids is 2. The van der Waals surface area contributed by atoms with Gasteiger partial charge in [-0.25, -0.2) is 0 Å². The molecular formula is C20H22N2O3. The first-order chi connectivity index (χ1) is 12.1. The van der Waals surface area contributed by atoms with Crippen molar-refractivity contribution >= 4 is 23.2 Å². The van der Waals surface area contributed by atoms with Gasteiger partial charge < -0.3 is 14.5 Å². The average Bonchev–Trinajstić information content (AvgIpc) is 2.66. The van der Waals surface area contributed by atoms with E-state index < -0.39 is 6.10 Å². The van der Waals surface area contributed by atoms with E-state index >= 15 is 0 Å². The van der Waals surface area contributed by atoms with Crippen LogP contribution in [-0.2, 0) is 9.59 Å². The van der Waals surface area contributed by atoms with E-state index in [1.54, 1.807) is 16.8 Å². The smallest absolute Gasteiger partial charge is 0.268 e. The molecule has 0 aliphatic carbocycles. The van der Waals surface area contributed by atoms with Crippen molar-refractivity contribution in [1.82, 2.24) is 0 Å². The molecule has 2 aromatic rings. The molecule has 2 amide bonds. The number of fused-ring (bicyclic) bond motifs is 1. The second-order valence-electron chi connectivity index (χ2n) is 6.01. The van der Waals surface area contributed by atoms with Crippen LogP contribution in [0.5, 0.6) is 5.75 Å². The van der Waals surface area contributed by atoms with Gasteiger partial charge in [0.15, 0.2) is 6.10 Å². The summed E-state index contributed by atoms with van der Waals surface area (Å²) in [5, 5.41) is 0. The Bertz CT molecular complexity index is 761. The Balaban J connectivity index is 1.73. The van der Waals surface area contributed by atoms with Crippen LogP contribution in [0.25, 0.3) is 0 Å². The predicted octanol–water partition coefficient (Wildman–Crippen LogP) is 3.24. The Morgan fingerprint density at radius 1 is 1.12 bits per heavy atom. The van der Waals surface area contributed by atoms with Gasteiger partial charge in [0, 0.05) is 25.7 Å². The van der Waals surface area contributed by atoms with Crippen molar-refractivity contribution < 1.29 is 14.3 Å². The molecule has 0 fully saturated rings. The van der Waals surface area contributed by atoms with Gasteiger partial charge in [-0.3, -0.25) is 9.59 Å². The number of carbonyl (C=O) groups is 2. The summed E-state index contributed by atoms with van der Waals surface area (Å²) >= 11 is 0. The van der Waals surface area contributed by atoms with Crippen LogP contribution in [0, 0.1) is 0 Å². The number of amides is 2. The van der Waals surface area contributed by atoms with E-state index in [1.165, 1.54) is 0 Å². The first-order valence-electron chi connectivity index (χ1n) is 8.50. The van der Waals surface area contributed by atoms with E-state index in [2.05, 4.69) is 0 Å². The molecule has 130 valence electrons. The van der Waals surface area contributed by atoms with Crippen LogP contribution >= 0.6 is 0 Å². The van der Waals surface area contributed by atoms with Crippen LogP contribution in [0.15, 0.2) is 54.6 Å². The van der Waals surface area contributed by atoms with Gasteiger partial charge in [-0.15, -0.1) is 0 Å². The highest BCUT2D eigenvalue weighted by molar-refractivity contribution is 6.01. The summed E-state index contributed by atoms with van der Waals surface area (Å²) in [7, 11) is 1.75. The molecule has 2 aromatic carbocycles. The quantitative estimate of drug-likeness (QED) is 0.841. The Kier molecular flexibility index (Phi) is 5.03. The lowest BCUT2D eigenvalue weighted by molar-refractivity contribution is -0.126. The third-order valence-corrected chi connectivity index (χ3v) is 4.40. The number of anilines is 2. The Morgan fingerprint density at radius 3 is 2.52 bits per heavy atom. The minimum absolute atomic E-state index is 0.0315. The number of hydrogen-bond donors (Lipinski definition) is 0. The van der Waals surface area contributed by atoms with Crippen LogP contribution in [0.4, 0.5) is 11.4 Å². The largest absolute Gasteiger partial charge is 0.478 e. The summed E-state index contributed by atoms with van der Waals surface area (Å²) in [5.74, 6) is 0.574. The Hall–Kier alpha value is -2.82. The summed E-state index contributed by atoms with van der Waals surface area (Å²) in [6.07, 6.45) is 0.362. The zero-order valence-electron chi connectivity index (χ0n) is 14.5. The van der Waals surface area contributed by atoms with Gasteiger partial charge in [-0.05, 0) is 30.7 Å². The van der Waals surface area contributed by atoms with Crippen molar-refractivity contribution in [2.75, 3.05) is 23.4 Å². The third kappa shape index (κ3) is 3.50. The van der Waals surface area contributed by atoms with Gasteiger partial charge in [0.05, 0.1) is 5.69 Å². The Morgan fingerprint density at radius 2 is 1.80 bits per heavy atom. The van der Waals surface area contributed by atoms with E-state index in [1.807, 2.05) is 61.5 Å². The fraction of sp³-hybridized carbons (Fsp3) is 0.300. The molecule has 5 nitrogen and oxygen atoms in total. The van der Waals surface area contributed by atoms with Gasteiger partial charge in [0.25, 0.3) is 5.91 Å². The van der Waals surface area contributed by atoms with Gasteiger partial charge in [0.1, 0.15) is 5.75 Å². The number of benzene rings is 2. The van der Waals surface area contributed by atoms with Gasteiger partial charge in [0.2, 0.25) is 5.91 Å². The molecule has 0 N–H and O–H groups in total. The molecule has 0 radical (unpaired) electrons. The summed E-state index contributed by atoms with van der Waals surface area (Å²) in [5.41, 5.74) is 1.57. The second-order valence-corrected chi connectivity index (χ2v) is 6.01. The zero-order chi connectivity index (χ0) is 17.8. The number of hydrogen-bond acceptors (Lipinski definition) is 3. The first kappa shape index (κ1) is 17.0. The lowest BCUT2D eigenvalue weighted by atomic mass is 10.1. The number of rotatable bonds is 5. The normalized spacial score (nSPS) is 16.2. The van der Waals surface area contributed by atoms with E-state index in [0.29, 0.717) is 18.7 Å². The molecule has 0 spiro atoms. The maximum atomic E-state index is 12.6. The van der Waals surface area contributed by atoms with E-state index in [4.69, 9.17) is 4.74 Å². The van der Waals surface area contributed by atoms with Crippen molar-refractivity contribution in [2.24, 2.45) is 0 Å². The van der Waals surface area contributed by atoms with E-state index in [9.17, 15) is 9.59 Å². The number of para-hydroxylation sites is 3. The van der Waals surface area contributed by atoms with Crippen molar-refractivity contribution in [3.8, 4) is 5.75 Å². The minimum Gasteiger partial charge on any atom is -0.478 e. The average molecular weight is 338 g/mol. The summed E-state index contributed by atoms with van der Waals surface area (Å²) in [4.78, 5) is 28.4. The molecular weight excluding hydrogens is 316 g/mol. The highest BCUT2D eigenvalue weighted by Crippen LogP contribution is 2.34. The predicted molar refractivity (Wildman–Crippen MR) is 98.0 cm³/mol. The maximum absolute atomic E-state index is 12.6. The maximum Gasteiger partial charge on any atom is 0.268 e. The lowest BCUT2D eigenvalue weighted by Gasteiger charge is -2.34. The Labute approximate surface area is 147 Å². The van der Waals surface area contributed by atoms with Gasteiger partial charge >= 0.3 is 0 Å². The molecule has 0 aromatic heterocycles. The molecule has 1 atom stereocenters. The van der Waals surface area contributed by atoms with Crippen molar-refractivity contribution in [3.05, 3.63) is 54.6 Å². The number of nitrogens with zero attached hydrogens (tertiary/aromatic N) is 2. The van der Waals surface area contributed by atoms with Crippen molar-refractivity contribution in [3.63, 3.8) is 0 Å². The summed E-state index contributed by atoms with van der Waals surface area (Å²) in [6, 6.07) is 16.9. The topological polar surface area (TPSA) is 49.9 Å². The van der Waals surface area contributed by atoms with Crippen LogP contribution < -0.4 is 14.5 Å². The molecule has 3 rings (SSSR count). The molecule has 1 aliphatic rings. The van der Waals surface area contributed by atoms with Crippen LogP contribution in [0.1, 0.15) is 19.8 Å². The highest BCUT2D eigenvalue weighted by atomic mass is 16.5. The molecule has 1 heterocycles. The third-order valence-electron chi connectivity index (χ3n) is 4.40. The molecule has 1 aliphatic heterocycles. The van der Waals surface area contributed by atoms with Crippen molar-refractivity contribution in [1.29, 1.82) is 0 Å². The molecule has 1 unspecified atom stereocenters. The molecule has 0 saturated heterocycles. The van der Waals surface area contributed by atoms with Crippen LogP contribution in [0.3, 0.4) is 0 Å². The van der Waals surface area contributed by atoms with Crippen molar-refractivity contribution in [2.45, 2.75) is 25.9 Å². The SMILES string of the molecule is CCC1Oc2ccccc2N(CCC(=O)N(C)c2ccccc2)C1=O. The summed E-state index contributed by atoms with van der Waals surface area (Å²) < 4.78 is 5.76. The van der Waals surface area contributed by atoms with Gasteiger partial charge in [-0.1, -0.05) is 37.3 Å². The summed E-state index contributed by atoms with van der Waals surface area (Å²) in [6.45, 7) is 2.26. The van der Waals surface area contributed by atoms with E-state index in [0.717, 1.165) is 11.4 Å². The van der Waals surface area contributed by atoms with Gasteiger partial charge in [-0.2, -0.15) is 0 Å². The number of ether oxygens (including phenoxy) is 1. The molecule has 25 heavy (non-hydrogen) atoms. The molecule has 0 bridgehead atoms. The molecule has 0 saturated carbocycles. The fourth-order valence-electron chi connectivity index (χ4n) is 2.94. The van der Waals surface area contributed by atoms with Crippen LogP contribution in [-0.4, -0.2) is 31.5 Å². The van der Waals surface area contributed by atoms with E-state index in [-0.39, 0.29) is 18.2 Å². The standard InChI is InChI=1S/C20H22N2O3/c1-3-17-20(24)22(16-11-7-8-12-18(16)25-17)14-13-19(23)21(2)15-9-5-4-6-10-15/h4-12,17H,3,13-14H2,1-2H3. The second kappa shape index (κ2) is 7.38. The fourth-order valence-corrected chi connectivity index (χ4v) is 2.94. The monoisotopic (exact) mass is 338 g/mol.